The molecule has 16 heteroatoms. The third kappa shape index (κ3) is 9.43. The van der Waals surface area contributed by atoms with Crippen molar-refractivity contribution in [3.63, 3.8) is 0 Å². The zero-order chi connectivity index (χ0) is 46.9. The topological polar surface area (TPSA) is 223 Å². The summed E-state index contributed by atoms with van der Waals surface area (Å²) in [5, 5.41) is 80.3. The number of aliphatic hydroxyl groups is 3. The van der Waals surface area contributed by atoms with Crippen molar-refractivity contribution in [1.82, 2.24) is 9.91 Å². The van der Waals surface area contributed by atoms with Crippen LogP contribution in [0.2, 0.25) is 0 Å². The number of ether oxygens (including phenoxy) is 4. The molecule has 16 nitrogen and oxygen atoms in total. The van der Waals surface area contributed by atoms with Crippen molar-refractivity contribution < 1.29 is 59.2 Å². The predicted molar refractivity (Wildman–Crippen MR) is 242 cm³/mol. The number of rotatable bonds is 5. The summed E-state index contributed by atoms with van der Waals surface area (Å²) in [7, 11) is 1.46. The molecule has 12 unspecified atom stereocenters. The van der Waals surface area contributed by atoms with E-state index in [9.17, 15) is 40.2 Å². The number of fused-ring (bicyclic) bond motifs is 15. The molecule has 5 bridgehead atoms. The summed E-state index contributed by atoms with van der Waals surface area (Å²) in [6.45, 7) is 18.1. The lowest BCUT2D eigenvalue weighted by Crippen LogP contribution is -2.55. The minimum Gasteiger partial charge on any atom is -0.507 e. The number of benzene rings is 2. The van der Waals surface area contributed by atoms with Crippen LogP contribution >= 0.6 is 0 Å². The van der Waals surface area contributed by atoms with Gasteiger partial charge in [-0.05, 0) is 38.7 Å². The second-order valence-electron chi connectivity index (χ2n) is 18.5. The van der Waals surface area contributed by atoms with Crippen LogP contribution in [0.3, 0.4) is 0 Å². The van der Waals surface area contributed by atoms with Crippen molar-refractivity contribution in [1.29, 1.82) is 0 Å². The van der Waals surface area contributed by atoms with Gasteiger partial charge < -0.3 is 54.9 Å². The van der Waals surface area contributed by atoms with Gasteiger partial charge in [0.25, 0.3) is 11.7 Å². The fraction of sp³-hybridized carbons (Fsp3) is 0.604. The molecular formula is C48H68N4O12. The zero-order valence-corrected chi connectivity index (χ0v) is 38.7. The van der Waals surface area contributed by atoms with E-state index in [1.807, 2.05) is 5.01 Å². The van der Waals surface area contributed by atoms with Crippen LogP contribution in [0.5, 0.6) is 23.0 Å². The summed E-state index contributed by atoms with van der Waals surface area (Å²) in [6.07, 6.45) is 6.89. The van der Waals surface area contributed by atoms with Crippen LogP contribution in [0.15, 0.2) is 41.2 Å². The normalized spacial score (nSPS) is 35.0. The standard InChI is InChI=1S/C48H68N4O12/c1-11-31-15-16-32-23-52(19-18-51(32)22-31)49-21-33-38-43(58)36-35(42(33)57)37-45(29(7)41(36)56)64-48(9,46(37)59)62-20-17-34(61-10)26(4)44(63-30(8)53)28(6)40(55)27(5)39(54)24(2)13-12-14-25(3)47(60)50-38/h12-14,17,20-21,24,26-28,31-32,34,39-40,44,46,54-59H,11,15-16,18-19,22-23H2,1-10H3,(H,50,60)/b13-12+,20-17-,25-14-,49-21+. The van der Waals surface area contributed by atoms with Gasteiger partial charge in [0.1, 0.15) is 23.4 Å². The number of hydrogen-bond acceptors (Lipinski definition) is 15. The molecule has 5 aliphatic rings. The molecule has 5 aliphatic heterocycles. The highest BCUT2D eigenvalue weighted by molar-refractivity contribution is 6.16. The van der Waals surface area contributed by atoms with Crippen LogP contribution in [0.25, 0.3) is 10.8 Å². The fourth-order valence-electron chi connectivity index (χ4n) is 9.84. The first-order chi connectivity index (χ1) is 30.2. The number of aliphatic hydroxyl groups excluding tert-OH is 3. The number of methoxy groups -OCH3 is 1. The molecule has 2 saturated heterocycles. The number of hydrogen-bond donors (Lipinski definition) is 7. The molecule has 2 aromatic rings. The van der Waals surface area contributed by atoms with Gasteiger partial charge in [0.15, 0.2) is 11.9 Å². The smallest absolute Gasteiger partial charge is 0.302 e. The van der Waals surface area contributed by atoms with Crippen LogP contribution in [0.4, 0.5) is 5.69 Å². The molecule has 0 saturated carbocycles. The average molecular weight is 893 g/mol. The van der Waals surface area contributed by atoms with Crippen LogP contribution in [-0.2, 0) is 23.8 Å². The number of piperidine rings is 1. The summed E-state index contributed by atoms with van der Waals surface area (Å²) in [5.41, 5.74) is 0.0557. The van der Waals surface area contributed by atoms with Crippen LogP contribution in [0.1, 0.15) is 97.4 Å². The van der Waals surface area contributed by atoms with Crippen molar-refractivity contribution >= 4 is 34.6 Å². The van der Waals surface area contributed by atoms with E-state index in [2.05, 4.69) is 17.1 Å². The largest absolute Gasteiger partial charge is 0.507 e. The molecule has 0 radical (unpaired) electrons. The van der Waals surface area contributed by atoms with Crippen molar-refractivity contribution in [3.05, 3.63) is 52.8 Å². The SMILES string of the molecule is CCC1CCC2CN(/N=C/c3c4c(O)c5c(O)c(C)c6c(c5c3O)C(O)C(C)(O/C=C\C(OC)C(C)C(OC(C)=O)C(C)C(O)C(C)C(O)C(C)/C=C/C=C(/C)C(=O)N4)O6)CCN2C1. The molecule has 1 amide bonds. The maximum Gasteiger partial charge on any atom is 0.302 e. The Morgan fingerprint density at radius 3 is 2.36 bits per heavy atom. The Labute approximate surface area is 375 Å². The van der Waals surface area contributed by atoms with E-state index in [1.54, 1.807) is 52.8 Å². The minimum atomic E-state index is -1.85. The zero-order valence-electron chi connectivity index (χ0n) is 38.7. The van der Waals surface area contributed by atoms with Crippen molar-refractivity contribution in [2.24, 2.45) is 34.7 Å². The monoisotopic (exact) mass is 892 g/mol. The van der Waals surface area contributed by atoms with E-state index in [4.69, 9.17) is 24.0 Å². The number of esters is 1. The highest BCUT2D eigenvalue weighted by Crippen LogP contribution is 2.58. The highest BCUT2D eigenvalue weighted by atomic mass is 16.7. The van der Waals surface area contributed by atoms with Crippen molar-refractivity contribution in [3.8, 4) is 23.0 Å². The maximum atomic E-state index is 13.9. The van der Waals surface area contributed by atoms with Crippen molar-refractivity contribution in [2.45, 2.75) is 124 Å². The van der Waals surface area contributed by atoms with Gasteiger partial charge in [-0.25, -0.2) is 0 Å². The van der Waals surface area contributed by atoms with E-state index in [0.717, 1.165) is 32.4 Å². The third-order valence-electron chi connectivity index (χ3n) is 14.1. The maximum absolute atomic E-state index is 13.9. The molecule has 0 aromatic heterocycles. The van der Waals surface area contributed by atoms with Gasteiger partial charge in [0.05, 0.1) is 54.0 Å². The summed E-state index contributed by atoms with van der Waals surface area (Å²) in [6, 6.07) is 0.302. The molecule has 7 N–H and O–H groups in total. The van der Waals surface area contributed by atoms with Crippen LogP contribution < -0.4 is 10.1 Å². The summed E-state index contributed by atoms with van der Waals surface area (Å²) in [5.74, 6) is -6.35. The number of hydrazone groups is 1. The van der Waals surface area contributed by atoms with Crippen LogP contribution in [-0.4, -0.2) is 128 Å². The van der Waals surface area contributed by atoms with Gasteiger partial charge in [-0.1, -0.05) is 59.3 Å². The highest BCUT2D eigenvalue weighted by Gasteiger charge is 2.50. The number of aromatic hydroxyl groups is 3. The molecule has 352 valence electrons. The Hall–Kier alpha value is -4.87. The first kappa shape index (κ1) is 48.6. The number of phenolic OH excluding ortho intramolecular Hbond substituents is 3. The summed E-state index contributed by atoms with van der Waals surface area (Å²) < 4.78 is 24.0. The second-order valence-corrected chi connectivity index (χ2v) is 18.5. The average Bonchev–Trinajstić information content (AvgIpc) is 3.54. The number of allylic oxidation sites excluding steroid dienone is 2. The Morgan fingerprint density at radius 1 is 0.969 bits per heavy atom. The number of nitrogens with one attached hydrogen (secondary N) is 1. The Kier molecular flexibility index (Phi) is 15.0. The Bertz CT molecular complexity index is 2190. The molecule has 12 atom stereocenters. The number of amides is 1. The van der Waals surface area contributed by atoms with Crippen LogP contribution in [0, 0.1) is 36.5 Å². The van der Waals surface area contributed by atoms with E-state index in [0.29, 0.717) is 25.0 Å². The molecule has 0 spiro atoms. The number of carbonyl (C=O) groups is 2. The van der Waals surface area contributed by atoms with E-state index >= 15 is 0 Å². The Balaban J connectivity index is 1.48. The summed E-state index contributed by atoms with van der Waals surface area (Å²) >= 11 is 0. The van der Waals surface area contributed by atoms with E-state index in [1.165, 1.54) is 46.4 Å². The number of nitrogens with zero attached hydrogens (tertiary/aromatic N) is 3. The first-order valence-electron chi connectivity index (χ1n) is 22.5. The lowest BCUT2D eigenvalue weighted by atomic mass is 9.78. The quantitative estimate of drug-likeness (QED) is 0.0823. The molecule has 2 fully saturated rings. The molecular weight excluding hydrogens is 825 g/mol. The fourth-order valence-corrected chi connectivity index (χ4v) is 9.84. The van der Waals surface area contributed by atoms with Gasteiger partial charge in [-0.15, -0.1) is 0 Å². The third-order valence-corrected chi connectivity index (χ3v) is 14.1. The summed E-state index contributed by atoms with van der Waals surface area (Å²) in [4.78, 5) is 28.8. The van der Waals surface area contributed by atoms with E-state index < -0.39 is 89.1 Å². The number of phenols is 3. The van der Waals surface area contributed by atoms with Gasteiger partial charge in [-0.2, -0.15) is 5.10 Å². The predicted octanol–water partition coefficient (Wildman–Crippen LogP) is 5.74. The number of anilines is 1. The minimum absolute atomic E-state index is 0.0117. The lowest BCUT2D eigenvalue weighted by molar-refractivity contribution is -0.181. The van der Waals surface area contributed by atoms with E-state index in [-0.39, 0.29) is 44.5 Å². The first-order valence-corrected chi connectivity index (χ1v) is 22.5. The Morgan fingerprint density at radius 2 is 1.69 bits per heavy atom. The molecule has 0 aliphatic carbocycles. The van der Waals surface area contributed by atoms with Gasteiger partial charge in [0, 0.05) is 92.4 Å². The second kappa shape index (κ2) is 19.7. The molecule has 2 aromatic carbocycles. The van der Waals surface area contributed by atoms with Crippen molar-refractivity contribution in [2.75, 3.05) is 38.6 Å². The van der Waals surface area contributed by atoms with Gasteiger partial charge in [0.2, 0.25) is 0 Å². The van der Waals surface area contributed by atoms with Gasteiger partial charge in [-0.3, -0.25) is 19.5 Å². The molecule has 7 rings (SSSR count). The number of piperazine rings is 1. The molecule has 64 heavy (non-hydrogen) atoms. The lowest BCUT2D eigenvalue weighted by Gasteiger charge is -2.45. The molecule has 5 heterocycles. The van der Waals surface area contributed by atoms with Gasteiger partial charge >= 0.3 is 5.97 Å². The number of carbonyl (C=O) groups excluding carboxylic acids is 2.